The number of aromatic amines is 1. The largest absolute Gasteiger partial charge is 0.368 e. The van der Waals surface area contributed by atoms with Crippen molar-refractivity contribution in [2.24, 2.45) is 0 Å². The van der Waals surface area contributed by atoms with E-state index >= 15 is 0 Å². The Kier molecular flexibility index (Phi) is 4.62. The molecular formula is C21H21FN4O. The minimum atomic E-state index is -0.307. The van der Waals surface area contributed by atoms with Crippen LogP contribution in [0.15, 0.2) is 54.7 Å². The van der Waals surface area contributed by atoms with Crippen LogP contribution in [0.4, 0.5) is 10.1 Å². The van der Waals surface area contributed by atoms with Gasteiger partial charge in [-0.15, -0.1) is 0 Å². The highest BCUT2D eigenvalue weighted by molar-refractivity contribution is 5.99. The van der Waals surface area contributed by atoms with Crippen LogP contribution in [0.25, 0.3) is 11.3 Å². The number of aromatic nitrogens is 2. The summed E-state index contributed by atoms with van der Waals surface area (Å²) in [5, 5.41) is 6.90. The van der Waals surface area contributed by atoms with Crippen LogP contribution in [0.2, 0.25) is 0 Å². The summed E-state index contributed by atoms with van der Waals surface area (Å²) in [5.74, 6) is -0.356. The van der Waals surface area contributed by atoms with Gasteiger partial charge in [0.25, 0.3) is 5.91 Å². The van der Waals surface area contributed by atoms with E-state index in [-0.39, 0.29) is 11.7 Å². The summed E-state index contributed by atoms with van der Waals surface area (Å²) >= 11 is 0. The molecule has 2 aromatic carbocycles. The number of aryl methyl sites for hydroxylation is 1. The van der Waals surface area contributed by atoms with E-state index in [9.17, 15) is 9.18 Å². The fourth-order valence-corrected chi connectivity index (χ4v) is 3.45. The number of nitrogens with zero attached hydrogens (tertiary/aromatic N) is 3. The first-order valence-electron chi connectivity index (χ1n) is 9.02. The Morgan fingerprint density at radius 1 is 1.07 bits per heavy atom. The van der Waals surface area contributed by atoms with Gasteiger partial charge in [-0.3, -0.25) is 9.89 Å². The van der Waals surface area contributed by atoms with E-state index in [4.69, 9.17) is 0 Å². The van der Waals surface area contributed by atoms with E-state index in [1.54, 1.807) is 18.3 Å². The molecule has 1 aliphatic rings. The van der Waals surface area contributed by atoms with Crippen LogP contribution in [0.3, 0.4) is 0 Å². The number of H-pyrrole nitrogens is 1. The van der Waals surface area contributed by atoms with E-state index in [0.29, 0.717) is 24.3 Å². The lowest BCUT2D eigenvalue weighted by atomic mass is 10.1. The van der Waals surface area contributed by atoms with Crippen LogP contribution in [0.5, 0.6) is 0 Å². The third-order valence-corrected chi connectivity index (χ3v) is 4.94. The molecule has 1 amide bonds. The molecule has 6 heteroatoms. The molecule has 0 radical (unpaired) electrons. The molecule has 1 N–H and O–H groups in total. The second-order valence-corrected chi connectivity index (χ2v) is 6.78. The smallest absolute Gasteiger partial charge is 0.257 e. The lowest BCUT2D eigenvalue weighted by Crippen LogP contribution is -2.48. The summed E-state index contributed by atoms with van der Waals surface area (Å²) in [6.07, 6.45) is 1.55. The molecule has 27 heavy (non-hydrogen) atoms. The quantitative estimate of drug-likeness (QED) is 0.774. The number of anilines is 1. The number of nitrogens with one attached hydrogen (secondary N) is 1. The predicted octanol–water partition coefficient (Wildman–Crippen LogP) is 3.49. The summed E-state index contributed by atoms with van der Waals surface area (Å²) in [6.45, 7) is 4.97. The Labute approximate surface area is 157 Å². The van der Waals surface area contributed by atoms with Crippen molar-refractivity contribution in [2.45, 2.75) is 6.92 Å². The van der Waals surface area contributed by atoms with Gasteiger partial charge in [0, 0.05) is 37.4 Å². The maximum Gasteiger partial charge on any atom is 0.257 e. The van der Waals surface area contributed by atoms with Crippen molar-refractivity contribution in [1.82, 2.24) is 15.1 Å². The van der Waals surface area contributed by atoms with E-state index in [0.717, 1.165) is 18.7 Å². The van der Waals surface area contributed by atoms with Gasteiger partial charge in [0.2, 0.25) is 0 Å². The topological polar surface area (TPSA) is 52.2 Å². The van der Waals surface area contributed by atoms with Crippen molar-refractivity contribution < 1.29 is 9.18 Å². The number of benzene rings is 2. The highest BCUT2D eigenvalue weighted by atomic mass is 19.1. The van der Waals surface area contributed by atoms with Crippen LogP contribution in [-0.4, -0.2) is 47.2 Å². The Balaban J connectivity index is 1.47. The molecule has 1 aliphatic heterocycles. The van der Waals surface area contributed by atoms with E-state index in [2.05, 4.69) is 46.3 Å². The first-order valence-corrected chi connectivity index (χ1v) is 9.02. The van der Waals surface area contributed by atoms with Crippen LogP contribution in [0.1, 0.15) is 15.9 Å². The Bertz CT molecular complexity index is 943. The number of halogens is 1. The van der Waals surface area contributed by atoms with Crippen LogP contribution >= 0.6 is 0 Å². The minimum Gasteiger partial charge on any atom is -0.368 e. The number of carbonyl (C=O) groups is 1. The van der Waals surface area contributed by atoms with Gasteiger partial charge in [-0.1, -0.05) is 12.1 Å². The number of carbonyl (C=O) groups excluding carboxylic acids is 1. The fraction of sp³-hybridized carbons (Fsp3) is 0.238. The number of piperazine rings is 1. The average molecular weight is 364 g/mol. The maximum absolute atomic E-state index is 13.2. The first kappa shape index (κ1) is 17.3. The normalized spacial score (nSPS) is 14.4. The van der Waals surface area contributed by atoms with Gasteiger partial charge >= 0.3 is 0 Å². The van der Waals surface area contributed by atoms with Crippen molar-refractivity contribution in [2.75, 3.05) is 31.1 Å². The molecule has 3 aromatic rings. The molecular weight excluding hydrogens is 343 g/mol. The number of amides is 1. The first-order chi connectivity index (χ1) is 13.1. The van der Waals surface area contributed by atoms with Crippen molar-refractivity contribution in [3.05, 3.63) is 71.7 Å². The highest BCUT2D eigenvalue weighted by Gasteiger charge is 2.25. The fourth-order valence-electron chi connectivity index (χ4n) is 3.45. The summed E-state index contributed by atoms with van der Waals surface area (Å²) < 4.78 is 13.2. The predicted molar refractivity (Wildman–Crippen MR) is 103 cm³/mol. The molecule has 138 valence electrons. The zero-order chi connectivity index (χ0) is 18.8. The molecule has 1 saturated heterocycles. The van der Waals surface area contributed by atoms with Gasteiger partial charge < -0.3 is 9.80 Å². The molecule has 0 unspecified atom stereocenters. The third kappa shape index (κ3) is 3.56. The van der Waals surface area contributed by atoms with Crippen molar-refractivity contribution in [3.63, 3.8) is 0 Å². The monoisotopic (exact) mass is 364 g/mol. The summed E-state index contributed by atoms with van der Waals surface area (Å²) in [6, 6.07) is 14.5. The summed E-state index contributed by atoms with van der Waals surface area (Å²) in [4.78, 5) is 17.1. The second-order valence-electron chi connectivity index (χ2n) is 6.78. The second kappa shape index (κ2) is 7.23. The van der Waals surface area contributed by atoms with Crippen LogP contribution in [0, 0.1) is 12.7 Å². The van der Waals surface area contributed by atoms with Crippen LogP contribution < -0.4 is 4.90 Å². The molecule has 5 nitrogen and oxygen atoms in total. The van der Waals surface area contributed by atoms with E-state index in [1.165, 1.54) is 23.4 Å². The molecule has 1 aromatic heterocycles. The summed E-state index contributed by atoms with van der Waals surface area (Å²) in [7, 11) is 0. The number of hydrogen-bond donors (Lipinski definition) is 1. The third-order valence-electron chi connectivity index (χ3n) is 4.94. The molecule has 4 rings (SSSR count). The highest BCUT2D eigenvalue weighted by Crippen LogP contribution is 2.24. The van der Waals surface area contributed by atoms with Crippen molar-refractivity contribution in [1.29, 1.82) is 0 Å². The SMILES string of the molecule is Cc1cccc(N2CCN(C(=O)c3cn[nH]c3-c3ccc(F)cc3)CC2)c1. The van der Waals surface area contributed by atoms with E-state index in [1.807, 2.05) is 4.90 Å². The molecule has 0 saturated carbocycles. The van der Waals surface area contributed by atoms with Gasteiger partial charge in [-0.2, -0.15) is 5.10 Å². The lowest BCUT2D eigenvalue weighted by Gasteiger charge is -2.36. The maximum atomic E-state index is 13.2. The lowest BCUT2D eigenvalue weighted by molar-refractivity contribution is 0.0747. The molecule has 0 spiro atoms. The number of hydrogen-bond acceptors (Lipinski definition) is 3. The minimum absolute atomic E-state index is 0.0491. The Morgan fingerprint density at radius 3 is 2.52 bits per heavy atom. The van der Waals surface area contributed by atoms with Gasteiger partial charge in [-0.05, 0) is 48.9 Å². The number of rotatable bonds is 3. The molecule has 0 aliphatic carbocycles. The molecule has 2 heterocycles. The summed E-state index contributed by atoms with van der Waals surface area (Å²) in [5.41, 5.74) is 4.31. The molecule has 1 fully saturated rings. The van der Waals surface area contributed by atoms with Crippen molar-refractivity contribution >= 4 is 11.6 Å². The van der Waals surface area contributed by atoms with E-state index < -0.39 is 0 Å². The Morgan fingerprint density at radius 2 is 1.81 bits per heavy atom. The van der Waals surface area contributed by atoms with Gasteiger partial charge in [-0.25, -0.2) is 4.39 Å². The standard InChI is InChI=1S/C21H21FN4O/c1-15-3-2-4-18(13-15)25-9-11-26(12-10-25)21(27)19-14-23-24-20(19)16-5-7-17(22)8-6-16/h2-8,13-14H,9-12H2,1H3,(H,23,24). The van der Waals surface area contributed by atoms with Crippen molar-refractivity contribution in [3.8, 4) is 11.3 Å². The van der Waals surface area contributed by atoms with Gasteiger partial charge in [0.05, 0.1) is 17.5 Å². The zero-order valence-electron chi connectivity index (χ0n) is 15.2. The van der Waals surface area contributed by atoms with Gasteiger partial charge in [0.1, 0.15) is 5.82 Å². The molecule has 0 bridgehead atoms. The Hall–Kier alpha value is -3.15. The van der Waals surface area contributed by atoms with Crippen LogP contribution in [-0.2, 0) is 0 Å². The van der Waals surface area contributed by atoms with Gasteiger partial charge in [0.15, 0.2) is 0 Å². The zero-order valence-corrected chi connectivity index (χ0v) is 15.2. The molecule has 0 atom stereocenters. The average Bonchev–Trinajstić information content (AvgIpc) is 3.18.